The number of aromatic nitrogens is 2. The maximum Gasteiger partial charge on any atom is 0.266 e. The van der Waals surface area contributed by atoms with E-state index in [0.29, 0.717) is 16.7 Å². The first kappa shape index (κ1) is 16.0. The van der Waals surface area contributed by atoms with Crippen molar-refractivity contribution in [2.75, 3.05) is 0 Å². The SMILES string of the molecule is Cc1cccc(-n2c(-c3ccccc3I)nc3ccccc3c2=O)c1. The Balaban J connectivity index is 2.16. The zero-order valence-electron chi connectivity index (χ0n) is 13.6. The smallest absolute Gasteiger partial charge is 0.266 e. The molecule has 0 spiro atoms. The first-order valence-electron chi connectivity index (χ1n) is 7.99. The van der Waals surface area contributed by atoms with Gasteiger partial charge in [0, 0.05) is 9.13 Å². The van der Waals surface area contributed by atoms with E-state index in [9.17, 15) is 4.79 Å². The summed E-state index contributed by atoms with van der Waals surface area (Å²) in [5, 5.41) is 0.624. The molecule has 1 heterocycles. The van der Waals surface area contributed by atoms with Gasteiger partial charge in [-0.3, -0.25) is 9.36 Å². The minimum atomic E-state index is -0.0501. The van der Waals surface area contributed by atoms with Gasteiger partial charge >= 0.3 is 0 Å². The van der Waals surface area contributed by atoms with Crippen molar-refractivity contribution >= 4 is 33.5 Å². The lowest BCUT2D eigenvalue weighted by Crippen LogP contribution is -2.22. The van der Waals surface area contributed by atoms with Crippen LogP contribution < -0.4 is 5.56 Å². The van der Waals surface area contributed by atoms with Crippen molar-refractivity contribution in [2.24, 2.45) is 0 Å². The van der Waals surface area contributed by atoms with E-state index in [4.69, 9.17) is 4.98 Å². The van der Waals surface area contributed by atoms with Crippen LogP contribution in [0, 0.1) is 10.5 Å². The molecule has 0 N–H and O–H groups in total. The normalized spacial score (nSPS) is 11.0. The van der Waals surface area contributed by atoms with E-state index in [2.05, 4.69) is 22.6 Å². The van der Waals surface area contributed by atoms with Crippen molar-refractivity contribution in [3.63, 3.8) is 0 Å². The molecule has 1 aromatic heterocycles. The number of para-hydroxylation sites is 1. The van der Waals surface area contributed by atoms with Crippen LogP contribution in [0.1, 0.15) is 5.56 Å². The number of rotatable bonds is 2. The van der Waals surface area contributed by atoms with Gasteiger partial charge in [0.15, 0.2) is 0 Å². The molecule has 0 aliphatic carbocycles. The van der Waals surface area contributed by atoms with Crippen LogP contribution in [-0.2, 0) is 0 Å². The molecule has 0 unspecified atom stereocenters. The Morgan fingerprint density at radius 2 is 1.68 bits per heavy atom. The summed E-state index contributed by atoms with van der Waals surface area (Å²) in [6, 6.07) is 23.4. The van der Waals surface area contributed by atoms with Gasteiger partial charge in [0.05, 0.1) is 16.6 Å². The van der Waals surface area contributed by atoms with Gasteiger partial charge in [0.2, 0.25) is 0 Å². The van der Waals surface area contributed by atoms with Gasteiger partial charge in [-0.1, -0.05) is 42.5 Å². The third-order valence-electron chi connectivity index (χ3n) is 4.15. The first-order valence-corrected chi connectivity index (χ1v) is 9.07. The zero-order chi connectivity index (χ0) is 17.4. The maximum absolute atomic E-state index is 13.3. The molecular weight excluding hydrogens is 423 g/mol. The van der Waals surface area contributed by atoms with Gasteiger partial charge in [-0.15, -0.1) is 0 Å². The summed E-state index contributed by atoms with van der Waals surface area (Å²) in [5.41, 5.74) is 3.55. The largest absolute Gasteiger partial charge is 0.268 e. The summed E-state index contributed by atoms with van der Waals surface area (Å²) >= 11 is 2.29. The predicted molar refractivity (Wildman–Crippen MR) is 110 cm³/mol. The Morgan fingerprint density at radius 3 is 2.48 bits per heavy atom. The van der Waals surface area contributed by atoms with Gasteiger partial charge < -0.3 is 0 Å². The quantitative estimate of drug-likeness (QED) is 0.415. The molecule has 3 nitrogen and oxygen atoms in total. The summed E-state index contributed by atoms with van der Waals surface area (Å²) in [5.74, 6) is 0.666. The van der Waals surface area contributed by atoms with E-state index >= 15 is 0 Å². The molecule has 3 aromatic carbocycles. The Labute approximate surface area is 159 Å². The summed E-state index contributed by atoms with van der Waals surface area (Å²) in [6.45, 7) is 2.02. The van der Waals surface area contributed by atoms with E-state index in [1.54, 1.807) is 4.57 Å². The summed E-state index contributed by atoms with van der Waals surface area (Å²) in [4.78, 5) is 18.1. The second-order valence-corrected chi connectivity index (χ2v) is 7.07. The number of hydrogen-bond donors (Lipinski definition) is 0. The van der Waals surface area contributed by atoms with Gasteiger partial charge in [0.1, 0.15) is 5.82 Å². The predicted octanol–water partition coefficient (Wildman–Crippen LogP) is 4.97. The molecule has 0 fully saturated rings. The highest BCUT2D eigenvalue weighted by molar-refractivity contribution is 14.1. The van der Waals surface area contributed by atoms with Crippen molar-refractivity contribution in [3.8, 4) is 17.1 Å². The van der Waals surface area contributed by atoms with Gasteiger partial charge in [0.25, 0.3) is 5.56 Å². The second kappa shape index (κ2) is 6.44. The molecular formula is C21H15IN2O. The van der Waals surface area contributed by atoms with E-state index in [0.717, 1.165) is 20.4 Å². The average Bonchev–Trinajstić information content (AvgIpc) is 2.62. The summed E-state index contributed by atoms with van der Waals surface area (Å²) < 4.78 is 2.77. The number of halogens is 1. The second-order valence-electron chi connectivity index (χ2n) is 5.91. The average molecular weight is 438 g/mol. The highest BCUT2D eigenvalue weighted by Gasteiger charge is 2.16. The van der Waals surface area contributed by atoms with E-state index in [1.165, 1.54) is 0 Å². The Morgan fingerprint density at radius 1 is 0.920 bits per heavy atom. The molecule has 4 heteroatoms. The lowest BCUT2D eigenvalue weighted by Gasteiger charge is -2.15. The van der Waals surface area contributed by atoms with Crippen LogP contribution in [-0.4, -0.2) is 9.55 Å². The van der Waals surface area contributed by atoms with E-state index in [-0.39, 0.29) is 5.56 Å². The van der Waals surface area contributed by atoms with E-state index in [1.807, 2.05) is 79.7 Å². The third-order valence-corrected chi connectivity index (χ3v) is 5.09. The molecule has 0 saturated heterocycles. The molecule has 122 valence electrons. The Kier molecular flexibility index (Phi) is 4.13. The number of benzene rings is 3. The first-order chi connectivity index (χ1) is 12.1. The number of nitrogens with zero attached hydrogens (tertiary/aromatic N) is 2. The van der Waals surface area contributed by atoms with Crippen LogP contribution in [0.5, 0.6) is 0 Å². The summed E-state index contributed by atoms with van der Waals surface area (Å²) in [6.07, 6.45) is 0. The highest BCUT2D eigenvalue weighted by Crippen LogP contribution is 2.26. The summed E-state index contributed by atoms with van der Waals surface area (Å²) in [7, 11) is 0. The fourth-order valence-electron chi connectivity index (χ4n) is 2.96. The Bertz CT molecular complexity index is 1150. The topological polar surface area (TPSA) is 34.9 Å². The maximum atomic E-state index is 13.3. The van der Waals surface area contributed by atoms with Gasteiger partial charge in [-0.2, -0.15) is 0 Å². The molecule has 0 bridgehead atoms. The Hall–Kier alpha value is -2.47. The van der Waals surface area contributed by atoms with Gasteiger partial charge in [-0.25, -0.2) is 4.98 Å². The molecule has 4 rings (SSSR count). The van der Waals surface area contributed by atoms with Crippen molar-refractivity contribution in [2.45, 2.75) is 6.92 Å². The molecule has 0 amide bonds. The molecule has 0 atom stereocenters. The molecule has 0 saturated carbocycles. The zero-order valence-corrected chi connectivity index (χ0v) is 15.8. The van der Waals surface area contributed by atoms with Crippen LogP contribution in [0.4, 0.5) is 0 Å². The minimum absolute atomic E-state index is 0.0501. The van der Waals surface area contributed by atoms with Crippen LogP contribution in [0.25, 0.3) is 28.0 Å². The van der Waals surface area contributed by atoms with Crippen molar-refractivity contribution in [3.05, 3.63) is 92.3 Å². The lowest BCUT2D eigenvalue weighted by atomic mass is 10.1. The van der Waals surface area contributed by atoms with Crippen LogP contribution in [0.15, 0.2) is 77.6 Å². The van der Waals surface area contributed by atoms with Crippen LogP contribution in [0.2, 0.25) is 0 Å². The van der Waals surface area contributed by atoms with E-state index < -0.39 is 0 Å². The van der Waals surface area contributed by atoms with Crippen molar-refractivity contribution < 1.29 is 0 Å². The van der Waals surface area contributed by atoms with Crippen molar-refractivity contribution in [1.82, 2.24) is 9.55 Å². The van der Waals surface area contributed by atoms with Crippen LogP contribution in [0.3, 0.4) is 0 Å². The van der Waals surface area contributed by atoms with Crippen molar-refractivity contribution in [1.29, 1.82) is 0 Å². The number of hydrogen-bond acceptors (Lipinski definition) is 2. The number of fused-ring (bicyclic) bond motifs is 1. The lowest BCUT2D eigenvalue weighted by molar-refractivity contribution is 0.972. The molecule has 25 heavy (non-hydrogen) atoms. The fraction of sp³-hybridized carbons (Fsp3) is 0.0476. The van der Waals surface area contributed by atoms with Crippen LogP contribution >= 0.6 is 22.6 Å². The van der Waals surface area contributed by atoms with Gasteiger partial charge in [-0.05, 0) is 65.4 Å². The standard InChI is InChI=1S/C21H15IN2O/c1-14-7-6-8-15(13-14)24-20(16-9-2-4-11-18(16)22)23-19-12-5-3-10-17(19)21(24)25/h2-13H,1H3. The third kappa shape index (κ3) is 2.87. The monoisotopic (exact) mass is 438 g/mol. The molecule has 0 aliphatic rings. The fourth-order valence-corrected chi connectivity index (χ4v) is 3.59. The molecule has 0 aliphatic heterocycles. The highest BCUT2D eigenvalue weighted by atomic mass is 127. The minimum Gasteiger partial charge on any atom is -0.268 e. The number of aryl methyl sites for hydroxylation is 1. The molecule has 0 radical (unpaired) electrons. The molecule has 4 aromatic rings.